The predicted octanol–water partition coefficient (Wildman–Crippen LogP) is 3.59. The first-order valence-electron chi connectivity index (χ1n) is 5.39. The Hall–Kier alpha value is -2.21. The van der Waals surface area contributed by atoms with Gasteiger partial charge in [0.2, 0.25) is 0 Å². The van der Waals surface area contributed by atoms with Gasteiger partial charge in [0.25, 0.3) is 5.91 Å². The highest BCUT2D eigenvalue weighted by Gasteiger charge is 2.19. The minimum Gasteiger partial charge on any atom is -0.397 e. The molecule has 0 saturated carbocycles. The largest absolute Gasteiger partial charge is 0.397 e. The van der Waals surface area contributed by atoms with Crippen LogP contribution in [0.3, 0.4) is 0 Å². The molecule has 0 aromatic heterocycles. The van der Waals surface area contributed by atoms with Crippen molar-refractivity contribution in [2.75, 3.05) is 11.1 Å². The fourth-order valence-corrected chi connectivity index (χ4v) is 1.69. The van der Waals surface area contributed by atoms with Crippen molar-refractivity contribution < 1.29 is 18.0 Å². The molecule has 0 bridgehead atoms. The van der Waals surface area contributed by atoms with Gasteiger partial charge in [0.1, 0.15) is 23.0 Å². The molecule has 2 aromatic rings. The fraction of sp³-hybridized carbons (Fsp3) is 0. The first-order valence-corrected chi connectivity index (χ1v) is 5.77. The van der Waals surface area contributed by atoms with E-state index in [9.17, 15) is 18.0 Å². The van der Waals surface area contributed by atoms with Crippen molar-refractivity contribution in [2.45, 2.75) is 0 Å². The minimum absolute atomic E-state index is 0.199. The highest BCUT2D eigenvalue weighted by molar-refractivity contribution is 6.33. The molecular weight excluding hydrogens is 293 g/mol. The second-order valence-electron chi connectivity index (χ2n) is 3.93. The molecular formula is C13H8ClF3N2O. The zero-order chi connectivity index (χ0) is 14.9. The van der Waals surface area contributed by atoms with Gasteiger partial charge >= 0.3 is 0 Å². The zero-order valence-corrected chi connectivity index (χ0v) is 10.6. The summed E-state index contributed by atoms with van der Waals surface area (Å²) in [6, 6.07) is 5.02. The van der Waals surface area contributed by atoms with Gasteiger partial charge in [0.15, 0.2) is 0 Å². The van der Waals surface area contributed by atoms with Crippen LogP contribution in [0.1, 0.15) is 10.4 Å². The zero-order valence-electron chi connectivity index (χ0n) is 9.88. The van der Waals surface area contributed by atoms with Crippen LogP contribution >= 0.6 is 11.6 Å². The topological polar surface area (TPSA) is 55.1 Å². The average Bonchev–Trinajstić information content (AvgIpc) is 2.32. The first kappa shape index (κ1) is 14.2. The molecule has 0 heterocycles. The summed E-state index contributed by atoms with van der Waals surface area (Å²) in [5.74, 6) is -4.74. The van der Waals surface area contributed by atoms with Gasteiger partial charge < -0.3 is 11.1 Å². The van der Waals surface area contributed by atoms with Gasteiger partial charge in [-0.3, -0.25) is 4.79 Å². The molecule has 0 unspecified atom stereocenters. The van der Waals surface area contributed by atoms with Crippen molar-refractivity contribution in [3.63, 3.8) is 0 Å². The van der Waals surface area contributed by atoms with Gasteiger partial charge in [0, 0.05) is 17.8 Å². The summed E-state index contributed by atoms with van der Waals surface area (Å²) in [5.41, 5.74) is 5.07. The number of hydrogen-bond donors (Lipinski definition) is 2. The van der Waals surface area contributed by atoms with Gasteiger partial charge in [-0.15, -0.1) is 0 Å². The van der Waals surface area contributed by atoms with Crippen LogP contribution in [-0.4, -0.2) is 5.91 Å². The Kier molecular flexibility index (Phi) is 3.85. The molecule has 0 radical (unpaired) electrons. The monoisotopic (exact) mass is 300 g/mol. The lowest BCUT2D eigenvalue weighted by Crippen LogP contribution is -2.16. The molecule has 3 N–H and O–H groups in total. The van der Waals surface area contributed by atoms with E-state index in [4.69, 9.17) is 17.3 Å². The normalized spacial score (nSPS) is 10.4. The number of rotatable bonds is 2. The summed E-state index contributed by atoms with van der Waals surface area (Å²) >= 11 is 5.70. The number of hydrogen-bond acceptors (Lipinski definition) is 2. The number of benzene rings is 2. The van der Waals surface area contributed by atoms with Crippen LogP contribution < -0.4 is 11.1 Å². The molecule has 2 aromatic carbocycles. The van der Waals surface area contributed by atoms with E-state index in [1.54, 1.807) is 0 Å². The number of halogens is 4. The van der Waals surface area contributed by atoms with Crippen molar-refractivity contribution >= 4 is 28.9 Å². The molecule has 0 aliphatic carbocycles. The van der Waals surface area contributed by atoms with Crippen molar-refractivity contribution in [1.82, 2.24) is 0 Å². The molecule has 1 amide bonds. The lowest BCUT2D eigenvalue weighted by atomic mass is 10.1. The molecule has 20 heavy (non-hydrogen) atoms. The van der Waals surface area contributed by atoms with E-state index in [1.165, 1.54) is 18.2 Å². The summed E-state index contributed by atoms with van der Waals surface area (Å²) in [7, 11) is 0. The van der Waals surface area contributed by atoms with Crippen LogP contribution in [0.25, 0.3) is 0 Å². The Morgan fingerprint density at radius 1 is 1.10 bits per heavy atom. The van der Waals surface area contributed by atoms with Crippen molar-refractivity contribution in [2.24, 2.45) is 0 Å². The smallest absolute Gasteiger partial charge is 0.261 e. The van der Waals surface area contributed by atoms with Crippen molar-refractivity contribution in [1.29, 1.82) is 0 Å². The number of nitrogen functional groups attached to an aromatic ring is 1. The highest BCUT2D eigenvalue weighted by Crippen LogP contribution is 2.23. The van der Waals surface area contributed by atoms with E-state index < -0.39 is 28.9 Å². The average molecular weight is 301 g/mol. The van der Waals surface area contributed by atoms with E-state index in [-0.39, 0.29) is 16.4 Å². The summed E-state index contributed by atoms with van der Waals surface area (Å²) in [5, 5.41) is 2.53. The number of nitrogens with two attached hydrogens (primary N) is 1. The van der Waals surface area contributed by atoms with Crippen LogP contribution in [-0.2, 0) is 0 Å². The van der Waals surface area contributed by atoms with Gasteiger partial charge in [-0.25, -0.2) is 13.2 Å². The number of carbonyl (C=O) groups excluding carboxylic acids is 1. The second-order valence-corrected chi connectivity index (χ2v) is 4.34. The third kappa shape index (κ3) is 2.85. The molecule has 0 aliphatic rings. The second kappa shape index (κ2) is 5.42. The van der Waals surface area contributed by atoms with Gasteiger partial charge in [-0.05, 0) is 18.2 Å². The Morgan fingerprint density at radius 3 is 2.25 bits per heavy atom. The molecule has 0 aliphatic heterocycles. The third-order valence-electron chi connectivity index (χ3n) is 2.49. The molecule has 0 spiro atoms. The fourth-order valence-electron chi connectivity index (χ4n) is 1.57. The Bertz CT molecular complexity index is 668. The maximum Gasteiger partial charge on any atom is 0.261 e. The summed E-state index contributed by atoms with van der Waals surface area (Å²) in [6.45, 7) is 0. The van der Waals surface area contributed by atoms with E-state index in [0.717, 1.165) is 0 Å². The van der Waals surface area contributed by atoms with Crippen LogP contribution in [0.5, 0.6) is 0 Å². The van der Waals surface area contributed by atoms with E-state index in [2.05, 4.69) is 5.32 Å². The number of anilines is 2. The van der Waals surface area contributed by atoms with Gasteiger partial charge in [-0.2, -0.15) is 0 Å². The maximum absolute atomic E-state index is 13.4. The maximum atomic E-state index is 13.4. The summed E-state index contributed by atoms with van der Waals surface area (Å²) < 4.78 is 39.6. The Labute approximate surface area is 117 Å². The van der Waals surface area contributed by atoms with Crippen molar-refractivity contribution in [3.8, 4) is 0 Å². The van der Waals surface area contributed by atoms with Crippen LogP contribution in [0.4, 0.5) is 24.5 Å². The van der Waals surface area contributed by atoms with E-state index >= 15 is 0 Å². The molecule has 104 valence electrons. The van der Waals surface area contributed by atoms with Crippen LogP contribution in [0, 0.1) is 17.5 Å². The van der Waals surface area contributed by atoms with E-state index in [0.29, 0.717) is 12.1 Å². The minimum atomic E-state index is -1.29. The third-order valence-corrected chi connectivity index (χ3v) is 2.83. The molecule has 2 rings (SSSR count). The predicted molar refractivity (Wildman–Crippen MR) is 70.1 cm³/mol. The molecule has 3 nitrogen and oxygen atoms in total. The quantitative estimate of drug-likeness (QED) is 0.833. The lowest BCUT2D eigenvalue weighted by molar-refractivity contribution is 0.101. The van der Waals surface area contributed by atoms with Gasteiger partial charge in [-0.1, -0.05) is 11.6 Å². The highest BCUT2D eigenvalue weighted by atomic mass is 35.5. The summed E-state index contributed by atoms with van der Waals surface area (Å²) in [4.78, 5) is 11.8. The summed E-state index contributed by atoms with van der Waals surface area (Å²) in [6.07, 6.45) is 0. The lowest BCUT2D eigenvalue weighted by Gasteiger charge is -2.08. The van der Waals surface area contributed by atoms with Crippen molar-refractivity contribution in [3.05, 3.63) is 58.4 Å². The van der Waals surface area contributed by atoms with Crippen LogP contribution in [0.2, 0.25) is 5.02 Å². The Morgan fingerprint density at radius 2 is 1.70 bits per heavy atom. The number of carbonyl (C=O) groups is 1. The number of amides is 1. The number of nitrogens with one attached hydrogen (secondary N) is 1. The molecule has 0 saturated heterocycles. The first-order chi connectivity index (χ1) is 9.38. The van der Waals surface area contributed by atoms with Crippen LogP contribution in [0.15, 0.2) is 30.3 Å². The SMILES string of the molecule is Nc1cc(NC(=O)c2c(F)cc(F)cc2F)ccc1Cl. The standard InChI is InChI=1S/C13H8ClF3N2O/c14-8-2-1-7(5-11(8)18)19-13(20)12-9(16)3-6(15)4-10(12)17/h1-5H,18H2,(H,19,20). The van der Waals surface area contributed by atoms with E-state index in [1.807, 2.05) is 0 Å². The Balaban J connectivity index is 2.31. The molecule has 0 atom stereocenters. The van der Waals surface area contributed by atoms with Gasteiger partial charge in [0.05, 0.1) is 10.7 Å². The molecule has 0 fully saturated rings. The molecule has 7 heteroatoms.